The maximum atomic E-state index is 10.2. The van der Waals surface area contributed by atoms with Gasteiger partial charge in [-0.1, -0.05) is 13.8 Å². The van der Waals surface area contributed by atoms with Crippen LogP contribution in [-0.4, -0.2) is 10.7 Å². The zero-order chi connectivity index (χ0) is 9.90. The monoisotopic (exact) mass is 180 g/mol. The van der Waals surface area contributed by atoms with Crippen molar-refractivity contribution >= 4 is 0 Å². The third kappa shape index (κ3) is 3.04. The highest BCUT2D eigenvalue weighted by Gasteiger charge is 2.35. The smallest absolute Gasteiger partial charge is 0.0662 e. The van der Waals surface area contributed by atoms with Crippen LogP contribution in [0.1, 0.15) is 46.0 Å². The lowest BCUT2D eigenvalue weighted by atomic mass is 9.72. The molecule has 13 heavy (non-hydrogen) atoms. The number of hydrogen-bond acceptors (Lipinski definition) is 1. The predicted octanol–water partition coefficient (Wildman–Crippen LogP) is 2.59. The van der Waals surface area contributed by atoms with Gasteiger partial charge in [0.2, 0.25) is 0 Å². The number of terminal acetylenes is 1. The fourth-order valence-corrected chi connectivity index (χ4v) is 2.74. The predicted molar refractivity (Wildman–Crippen MR) is 55.2 cm³/mol. The maximum absolute atomic E-state index is 10.2. The Morgan fingerprint density at radius 2 is 1.92 bits per heavy atom. The van der Waals surface area contributed by atoms with Gasteiger partial charge in [0.1, 0.15) is 0 Å². The molecule has 0 aromatic rings. The molecule has 0 radical (unpaired) electrons. The minimum atomic E-state index is -0.469. The van der Waals surface area contributed by atoms with Crippen LogP contribution in [0.3, 0.4) is 0 Å². The lowest BCUT2D eigenvalue weighted by molar-refractivity contribution is -0.0363. The van der Waals surface area contributed by atoms with Gasteiger partial charge in [-0.25, -0.2) is 0 Å². The van der Waals surface area contributed by atoms with E-state index in [-0.39, 0.29) is 0 Å². The van der Waals surface area contributed by atoms with E-state index in [1.54, 1.807) is 0 Å². The van der Waals surface area contributed by atoms with E-state index in [4.69, 9.17) is 6.42 Å². The molecule has 0 saturated heterocycles. The van der Waals surface area contributed by atoms with Crippen LogP contribution in [0.15, 0.2) is 0 Å². The Bertz CT molecular complexity index is 192. The Labute approximate surface area is 81.5 Å². The summed E-state index contributed by atoms with van der Waals surface area (Å²) in [6.45, 7) is 4.44. The van der Waals surface area contributed by atoms with Crippen molar-refractivity contribution in [2.45, 2.75) is 51.6 Å². The Hall–Kier alpha value is -0.480. The molecule has 1 fully saturated rings. The Kier molecular flexibility index (Phi) is 3.39. The van der Waals surface area contributed by atoms with Gasteiger partial charge >= 0.3 is 0 Å². The molecule has 0 aromatic heterocycles. The van der Waals surface area contributed by atoms with Gasteiger partial charge in [-0.3, -0.25) is 0 Å². The lowest BCUT2D eigenvalue weighted by Gasteiger charge is -2.38. The summed E-state index contributed by atoms with van der Waals surface area (Å²) in [5, 5.41) is 10.2. The molecular formula is C12H20O. The van der Waals surface area contributed by atoms with E-state index in [1.807, 2.05) is 0 Å². The minimum Gasteiger partial charge on any atom is -0.390 e. The van der Waals surface area contributed by atoms with Crippen LogP contribution in [0.4, 0.5) is 0 Å². The third-order valence-corrected chi connectivity index (χ3v) is 3.00. The number of aliphatic hydroxyl groups is 1. The van der Waals surface area contributed by atoms with Crippen LogP contribution >= 0.6 is 0 Å². The van der Waals surface area contributed by atoms with Crippen molar-refractivity contribution in [2.75, 3.05) is 0 Å². The topological polar surface area (TPSA) is 20.2 Å². The second-order valence-electron chi connectivity index (χ2n) is 4.78. The van der Waals surface area contributed by atoms with Gasteiger partial charge in [-0.2, -0.15) is 0 Å². The van der Waals surface area contributed by atoms with Crippen LogP contribution in [-0.2, 0) is 0 Å². The molecule has 1 aliphatic rings. The second-order valence-corrected chi connectivity index (χ2v) is 4.78. The van der Waals surface area contributed by atoms with Crippen molar-refractivity contribution in [3.05, 3.63) is 0 Å². The molecule has 0 spiro atoms. The van der Waals surface area contributed by atoms with E-state index in [1.165, 1.54) is 6.42 Å². The molecule has 1 saturated carbocycles. The molecule has 0 heterocycles. The molecule has 1 N–H and O–H groups in total. The number of rotatable bonds is 2. The zero-order valence-corrected chi connectivity index (χ0v) is 8.71. The average Bonchev–Trinajstić information content (AvgIpc) is 1.98. The summed E-state index contributed by atoms with van der Waals surface area (Å²) in [4.78, 5) is 0. The highest BCUT2D eigenvalue weighted by atomic mass is 16.3. The summed E-state index contributed by atoms with van der Waals surface area (Å²) in [5.74, 6) is 3.90. The van der Waals surface area contributed by atoms with Crippen molar-refractivity contribution in [2.24, 2.45) is 11.8 Å². The van der Waals surface area contributed by atoms with Crippen LogP contribution < -0.4 is 0 Å². The molecule has 2 atom stereocenters. The molecule has 0 amide bonds. The van der Waals surface area contributed by atoms with Crippen LogP contribution in [0.5, 0.6) is 0 Å². The highest BCUT2D eigenvalue weighted by molar-refractivity contribution is 4.93. The SMILES string of the molecule is C#CCCC1(O)CC(C)CC(C)C1. The largest absolute Gasteiger partial charge is 0.390 e. The molecule has 0 bridgehead atoms. The maximum Gasteiger partial charge on any atom is 0.0662 e. The minimum absolute atomic E-state index is 0.469. The first-order valence-electron chi connectivity index (χ1n) is 5.21. The second kappa shape index (κ2) is 4.15. The first-order chi connectivity index (χ1) is 6.06. The van der Waals surface area contributed by atoms with E-state index >= 15 is 0 Å². The number of hydrogen-bond donors (Lipinski definition) is 1. The van der Waals surface area contributed by atoms with Crippen molar-refractivity contribution in [3.8, 4) is 12.3 Å². The summed E-state index contributed by atoms with van der Waals surface area (Å²) in [5.41, 5.74) is -0.469. The Morgan fingerprint density at radius 3 is 2.38 bits per heavy atom. The molecule has 1 rings (SSSR count). The summed E-state index contributed by atoms with van der Waals surface area (Å²) in [6.07, 6.45) is 9.80. The fraction of sp³-hybridized carbons (Fsp3) is 0.833. The molecule has 1 nitrogen and oxygen atoms in total. The van der Waals surface area contributed by atoms with Crippen molar-refractivity contribution in [1.82, 2.24) is 0 Å². The molecule has 0 aromatic carbocycles. The first kappa shape index (κ1) is 10.6. The van der Waals surface area contributed by atoms with Gasteiger partial charge in [0.05, 0.1) is 5.60 Å². The normalized spacial score (nSPS) is 39.8. The zero-order valence-electron chi connectivity index (χ0n) is 8.71. The van der Waals surface area contributed by atoms with Crippen LogP contribution in [0, 0.1) is 24.2 Å². The van der Waals surface area contributed by atoms with Crippen molar-refractivity contribution < 1.29 is 5.11 Å². The quantitative estimate of drug-likeness (QED) is 0.648. The van der Waals surface area contributed by atoms with E-state index in [9.17, 15) is 5.11 Å². The van der Waals surface area contributed by atoms with Gasteiger partial charge in [0.25, 0.3) is 0 Å². The van der Waals surface area contributed by atoms with Crippen LogP contribution in [0.2, 0.25) is 0 Å². The standard InChI is InChI=1S/C12H20O/c1-4-5-6-12(13)8-10(2)7-11(3)9-12/h1,10-11,13H,5-9H2,2-3H3. The fourth-order valence-electron chi connectivity index (χ4n) is 2.74. The molecular weight excluding hydrogens is 160 g/mol. The van der Waals surface area contributed by atoms with Crippen molar-refractivity contribution in [1.29, 1.82) is 0 Å². The summed E-state index contributed by atoms with van der Waals surface area (Å²) >= 11 is 0. The first-order valence-corrected chi connectivity index (χ1v) is 5.21. The molecule has 1 aliphatic carbocycles. The van der Waals surface area contributed by atoms with Gasteiger partial charge in [0, 0.05) is 6.42 Å². The lowest BCUT2D eigenvalue weighted by Crippen LogP contribution is -2.37. The summed E-state index contributed by atoms with van der Waals surface area (Å²) in [6, 6.07) is 0. The van der Waals surface area contributed by atoms with Gasteiger partial charge in [-0.15, -0.1) is 12.3 Å². The van der Waals surface area contributed by atoms with Gasteiger partial charge in [-0.05, 0) is 37.5 Å². The van der Waals surface area contributed by atoms with Crippen molar-refractivity contribution in [3.63, 3.8) is 0 Å². The van der Waals surface area contributed by atoms with Crippen LogP contribution in [0.25, 0.3) is 0 Å². The average molecular weight is 180 g/mol. The Morgan fingerprint density at radius 1 is 1.38 bits per heavy atom. The summed E-state index contributed by atoms with van der Waals surface area (Å²) < 4.78 is 0. The molecule has 74 valence electrons. The highest BCUT2D eigenvalue weighted by Crippen LogP contribution is 2.38. The van der Waals surface area contributed by atoms with E-state index in [2.05, 4.69) is 19.8 Å². The molecule has 0 aliphatic heterocycles. The van der Waals surface area contributed by atoms with E-state index in [0.29, 0.717) is 18.3 Å². The Balaban J connectivity index is 2.51. The van der Waals surface area contributed by atoms with E-state index in [0.717, 1.165) is 19.3 Å². The summed E-state index contributed by atoms with van der Waals surface area (Å²) in [7, 11) is 0. The van der Waals surface area contributed by atoms with E-state index < -0.39 is 5.60 Å². The van der Waals surface area contributed by atoms with Gasteiger partial charge < -0.3 is 5.11 Å². The van der Waals surface area contributed by atoms with Gasteiger partial charge in [0.15, 0.2) is 0 Å². The molecule has 1 heteroatoms. The molecule has 2 unspecified atom stereocenters. The third-order valence-electron chi connectivity index (χ3n) is 3.00.